The maximum Gasteiger partial charge on any atom is 0.0506 e. The molecule has 1 rings (SSSR count). The average Bonchev–Trinajstić information content (AvgIpc) is 1.61. The number of nitrogens with two attached hydrogens (primary N) is 2. The molecule has 0 heterocycles. The predicted octanol–water partition coefficient (Wildman–Crippen LogP) is -0.402. The first-order valence-corrected chi connectivity index (χ1v) is 2.17. The Bertz CT molecular complexity index is 45.5. The van der Waals surface area contributed by atoms with Gasteiger partial charge in [-0.2, -0.15) is 0 Å². The summed E-state index contributed by atoms with van der Waals surface area (Å²) >= 11 is 0. The van der Waals surface area contributed by atoms with E-state index >= 15 is 0 Å². The van der Waals surface area contributed by atoms with Crippen molar-refractivity contribution in [1.82, 2.24) is 0 Å². The fraction of sp³-hybridized carbons (Fsp3) is 0.750. The summed E-state index contributed by atoms with van der Waals surface area (Å²) < 4.78 is 0. The van der Waals surface area contributed by atoms with Gasteiger partial charge in [0, 0.05) is 6.04 Å². The summed E-state index contributed by atoms with van der Waals surface area (Å²) in [4.78, 5) is 0. The molecule has 1 fully saturated rings. The summed E-state index contributed by atoms with van der Waals surface area (Å²) in [6.07, 6.45) is 2.13. The van der Waals surface area contributed by atoms with Crippen molar-refractivity contribution in [2.24, 2.45) is 11.5 Å². The Morgan fingerprint density at radius 3 is 2.17 bits per heavy atom. The van der Waals surface area contributed by atoms with Crippen molar-refractivity contribution in [3.05, 3.63) is 6.04 Å². The molecule has 4 N–H and O–H groups in total. The molecule has 1 unspecified atom stereocenters. The van der Waals surface area contributed by atoms with E-state index in [-0.39, 0.29) is 6.04 Å². The van der Waals surface area contributed by atoms with E-state index in [4.69, 9.17) is 11.5 Å². The Kier molecular flexibility index (Phi) is 0.821. The van der Waals surface area contributed by atoms with Crippen molar-refractivity contribution in [3.63, 3.8) is 0 Å². The Morgan fingerprint density at radius 1 is 1.67 bits per heavy atom. The molecule has 0 saturated heterocycles. The second kappa shape index (κ2) is 1.21. The molecule has 1 aliphatic rings. The lowest BCUT2D eigenvalue weighted by molar-refractivity contribution is 0.456. The summed E-state index contributed by atoms with van der Waals surface area (Å²) in [5.41, 5.74) is 10.7. The van der Waals surface area contributed by atoms with Crippen LogP contribution in [0.15, 0.2) is 0 Å². The Hall–Kier alpha value is -0.0800. The third-order valence-electron chi connectivity index (χ3n) is 1.22. The van der Waals surface area contributed by atoms with Crippen LogP contribution in [0.5, 0.6) is 0 Å². The summed E-state index contributed by atoms with van der Waals surface area (Å²) in [5.74, 6) is 0. The SMILES string of the molecule is N[C]1CCC1N. The molecule has 0 amide bonds. The molecule has 2 heteroatoms. The maximum atomic E-state index is 5.36. The van der Waals surface area contributed by atoms with E-state index in [1.54, 1.807) is 0 Å². The summed E-state index contributed by atoms with van der Waals surface area (Å²) in [6, 6.07) is 1.19. The van der Waals surface area contributed by atoms with Gasteiger partial charge in [0.1, 0.15) is 0 Å². The Labute approximate surface area is 37.5 Å². The second-order valence-corrected chi connectivity index (χ2v) is 1.72. The minimum Gasteiger partial charge on any atom is -0.326 e. The van der Waals surface area contributed by atoms with Gasteiger partial charge in [0.2, 0.25) is 0 Å². The van der Waals surface area contributed by atoms with Gasteiger partial charge in [-0.25, -0.2) is 0 Å². The summed E-state index contributed by atoms with van der Waals surface area (Å²) in [7, 11) is 0. The molecule has 0 aromatic carbocycles. The van der Waals surface area contributed by atoms with Crippen LogP contribution >= 0.6 is 0 Å². The van der Waals surface area contributed by atoms with E-state index < -0.39 is 0 Å². The first-order valence-electron chi connectivity index (χ1n) is 2.17. The number of hydrogen-bond donors (Lipinski definition) is 2. The zero-order chi connectivity index (χ0) is 4.57. The molecule has 0 aromatic heterocycles. The molecule has 1 aliphatic carbocycles. The molecular formula is C4H9N2. The Morgan fingerprint density at radius 2 is 2.17 bits per heavy atom. The average molecular weight is 85.1 g/mol. The zero-order valence-corrected chi connectivity index (χ0v) is 3.65. The van der Waals surface area contributed by atoms with Crippen molar-refractivity contribution in [1.29, 1.82) is 0 Å². The first-order chi connectivity index (χ1) is 2.80. The highest BCUT2D eigenvalue weighted by Crippen LogP contribution is 2.20. The molecule has 1 saturated carbocycles. The van der Waals surface area contributed by atoms with Crippen LogP contribution in [0.2, 0.25) is 0 Å². The maximum absolute atomic E-state index is 5.36. The standard InChI is InChI=1S/C4H9N2/c5-3-1-2-4(3)6/h3H,1-2,5-6H2. The van der Waals surface area contributed by atoms with Crippen LogP contribution in [0.25, 0.3) is 0 Å². The van der Waals surface area contributed by atoms with Crippen molar-refractivity contribution in [2.45, 2.75) is 18.9 Å². The molecule has 6 heavy (non-hydrogen) atoms. The highest BCUT2D eigenvalue weighted by atomic mass is 14.8. The quantitative estimate of drug-likeness (QED) is 0.420. The van der Waals surface area contributed by atoms with Gasteiger partial charge in [-0.15, -0.1) is 0 Å². The van der Waals surface area contributed by atoms with E-state index in [0.717, 1.165) is 18.9 Å². The van der Waals surface area contributed by atoms with E-state index in [2.05, 4.69) is 0 Å². The molecule has 1 atom stereocenters. The monoisotopic (exact) mass is 85.1 g/mol. The van der Waals surface area contributed by atoms with Gasteiger partial charge in [0.05, 0.1) is 6.04 Å². The lowest BCUT2D eigenvalue weighted by atomic mass is 9.88. The fourth-order valence-corrected chi connectivity index (χ4v) is 0.478. The fourth-order valence-electron chi connectivity index (χ4n) is 0.478. The Balaban J connectivity index is 2.20. The van der Waals surface area contributed by atoms with Crippen LogP contribution in [0.4, 0.5) is 0 Å². The van der Waals surface area contributed by atoms with Crippen molar-refractivity contribution in [2.75, 3.05) is 0 Å². The van der Waals surface area contributed by atoms with Crippen LogP contribution in [0.1, 0.15) is 12.8 Å². The van der Waals surface area contributed by atoms with Crippen LogP contribution in [0.3, 0.4) is 0 Å². The van der Waals surface area contributed by atoms with Gasteiger partial charge in [-0.3, -0.25) is 0 Å². The van der Waals surface area contributed by atoms with Crippen molar-refractivity contribution >= 4 is 0 Å². The van der Waals surface area contributed by atoms with Crippen LogP contribution in [0, 0.1) is 6.04 Å². The smallest absolute Gasteiger partial charge is 0.0506 e. The van der Waals surface area contributed by atoms with Gasteiger partial charge >= 0.3 is 0 Å². The van der Waals surface area contributed by atoms with Gasteiger partial charge in [-0.05, 0) is 12.8 Å². The second-order valence-electron chi connectivity index (χ2n) is 1.72. The third-order valence-corrected chi connectivity index (χ3v) is 1.22. The lowest BCUT2D eigenvalue weighted by Crippen LogP contribution is -2.42. The molecule has 2 nitrogen and oxygen atoms in total. The molecular weight excluding hydrogens is 76.1 g/mol. The normalized spacial score (nSPS) is 36.0. The van der Waals surface area contributed by atoms with Gasteiger partial charge < -0.3 is 11.5 Å². The highest BCUT2D eigenvalue weighted by molar-refractivity contribution is 5.03. The van der Waals surface area contributed by atoms with Gasteiger partial charge in [0.25, 0.3) is 0 Å². The predicted molar refractivity (Wildman–Crippen MR) is 24.6 cm³/mol. The van der Waals surface area contributed by atoms with E-state index in [0.29, 0.717) is 0 Å². The topological polar surface area (TPSA) is 52.0 Å². The zero-order valence-electron chi connectivity index (χ0n) is 3.65. The molecule has 35 valence electrons. The minimum absolute atomic E-state index is 0.227. The first kappa shape index (κ1) is 4.09. The third kappa shape index (κ3) is 0.420. The molecule has 0 bridgehead atoms. The lowest BCUT2D eigenvalue weighted by Gasteiger charge is -2.28. The minimum atomic E-state index is 0.227. The molecule has 0 aliphatic heterocycles. The van der Waals surface area contributed by atoms with E-state index in [9.17, 15) is 0 Å². The van der Waals surface area contributed by atoms with Crippen molar-refractivity contribution < 1.29 is 0 Å². The molecule has 0 spiro atoms. The van der Waals surface area contributed by atoms with Crippen LogP contribution < -0.4 is 11.5 Å². The highest BCUT2D eigenvalue weighted by Gasteiger charge is 2.23. The number of rotatable bonds is 0. The van der Waals surface area contributed by atoms with E-state index in [1.165, 1.54) is 0 Å². The van der Waals surface area contributed by atoms with Crippen LogP contribution in [-0.4, -0.2) is 6.04 Å². The largest absolute Gasteiger partial charge is 0.326 e. The van der Waals surface area contributed by atoms with Crippen molar-refractivity contribution in [3.8, 4) is 0 Å². The number of hydrogen-bond acceptors (Lipinski definition) is 2. The van der Waals surface area contributed by atoms with Gasteiger partial charge in [0.15, 0.2) is 0 Å². The molecule has 1 radical (unpaired) electrons. The molecule has 0 aromatic rings. The van der Waals surface area contributed by atoms with Gasteiger partial charge in [-0.1, -0.05) is 0 Å². The van der Waals surface area contributed by atoms with E-state index in [1.807, 2.05) is 0 Å². The summed E-state index contributed by atoms with van der Waals surface area (Å²) in [5, 5.41) is 0. The van der Waals surface area contributed by atoms with Crippen LogP contribution in [-0.2, 0) is 0 Å². The summed E-state index contributed by atoms with van der Waals surface area (Å²) in [6.45, 7) is 0.